The summed E-state index contributed by atoms with van der Waals surface area (Å²) < 4.78 is 39.5. The molecule has 0 aliphatic rings. The van der Waals surface area contributed by atoms with Crippen molar-refractivity contribution in [3.63, 3.8) is 0 Å². The fraction of sp³-hybridized carbons (Fsp3) is 0.300. The summed E-state index contributed by atoms with van der Waals surface area (Å²) in [7, 11) is -4.71. The van der Waals surface area contributed by atoms with Crippen LogP contribution in [0.25, 0.3) is 25.6 Å². The molecule has 0 saturated carbocycles. The monoisotopic (exact) mass is 948 g/mol. The van der Waals surface area contributed by atoms with E-state index in [-0.39, 0.29) is 48.4 Å². The number of nitrogens with one attached hydrogen (secondary N) is 1. The van der Waals surface area contributed by atoms with E-state index in [0.29, 0.717) is 61.9 Å². The predicted octanol–water partition coefficient (Wildman–Crippen LogP) is 7.17. The Morgan fingerprint density at radius 1 is 0.824 bits per heavy atom. The fourth-order valence-electron chi connectivity index (χ4n) is 8.22. The first-order valence-corrected chi connectivity index (χ1v) is 24.9. The van der Waals surface area contributed by atoms with Gasteiger partial charge in [-0.05, 0) is 104 Å². The van der Waals surface area contributed by atoms with Gasteiger partial charge in [0.15, 0.2) is 21.9 Å². The number of nitriles is 1. The van der Waals surface area contributed by atoms with Crippen molar-refractivity contribution < 1.29 is 50.7 Å². The van der Waals surface area contributed by atoms with Crippen molar-refractivity contribution in [3.8, 4) is 11.2 Å². The molecule has 0 spiro atoms. The minimum absolute atomic E-state index is 0. The normalized spacial score (nSPS) is 11.8. The third-order valence-electron chi connectivity index (χ3n) is 11.4. The van der Waals surface area contributed by atoms with Gasteiger partial charge in [-0.1, -0.05) is 99.9 Å². The standard InChI is InChI=1S/C50H51N10O3S3.2Li/c1-11-31-21-28(5)22-32(12-2)43(31)55-46-42(56-57-47-36(27-51)45(50(8,9)10)58-60(47)49-53-37-17-15-16-18-39(37)64-49)30(7)25-41(54-46)59(44-33(13-3)23-29(6)24-34(44)14-4)48-52-38-20-19-35(66(61,62)63)26-40(38)65-48;;/h15,17-26H,11-14H2,1-10H3,(H,54,55)(H,61,62,63);;/q-1;2*+1/p-1. The molecule has 0 amide bonds. The van der Waals surface area contributed by atoms with Gasteiger partial charge in [0.05, 0.1) is 26.5 Å². The average molecular weight is 949 g/mol. The van der Waals surface area contributed by atoms with Crippen molar-refractivity contribution in [2.24, 2.45) is 10.2 Å². The molecule has 13 nitrogen and oxygen atoms in total. The van der Waals surface area contributed by atoms with Crippen molar-refractivity contribution in [3.05, 3.63) is 123 Å². The second-order valence-corrected chi connectivity index (χ2v) is 20.6. The van der Waals surface area contributed by atoms with E-state index in [9.17, 15) is 18.2 Å². The Hall–Kier alpha value is -5.19. The Morgan fingerprint density at radius 2 is 1.44 bits per heavy atom. The quantitative estimate of drug-likeness (QED) is 0.0540. The maximum absolute atomic E-state index is 12.1. The topological polar surface area (TPSA) is 177 Å². The maximum atomic E-state index is 12.1. The van der Waals surface area contributed by atoms with Gasteiger partial charge in [0.25, 0.3) is 0 Å². The number of pyridine rings is 1. The summed E-state index contributed by atoms with van der Waals surface area (Å²) in [6.45, 7) is 20.6. The summed E-state index contributed by atoms with van der Waals surface area (Å²) in [5.74, 6) is 1.20. The van der Waals surface area contributed by atoms with Crippen LogP contribution in [0.2, 0.25) is 0 Å². The van der Waals surface area contributed by atoms with Crippen LogP contribution >= 0.6 is 22.7 Å². The SMILES string of the molecule is CCc1cc(C)cc(CC)c1Nc1nc(N(c2nc3ccc(S(=O)(=O)[O-])cc3s2)c2c(CC)cc(C)cc2CC)cc(C)c1N=Nc1c(C#N)c(C(C)(C)C)nn1-c1nc2cc[c-]cc2s1.[Li+].[Li+]. The van der Waals surface area contributed by atoms with E-state index in [1.165, 1.54) is 34.8 Å². The number of thiazole rings is 2. The number of benzene rings is 4. The second-order valence-electron chi connectivity index (χ2n) is 17.3. The van der Waals surface area contributed by atoms with Gasteiger partial charge in [0.2, 0.25) is 0 Å². The summed E-state index contributed by atoms with van der Waals surface area (Å²) >= 11 is 2.70. The number of azo groups is 1. The molecular formula is C50H50Li2N10O3S3. The van der Waals surface area contributed by atoms with Crippen LogP contribution in [-0.4, -0.2) is 37.7 Å². The number of aromatic nitrogens is 5. The van der Waals surface area contributed by atoms with Crippen LogP contribution < -0.4 is 47.9 Å². The molecule has 0 bridgehead atoms. The molecule has 18 heteroatoms. The number of hydrogen-bond acceptors (Lipinski definition) is 14. The Morgan fingerprint density at radius 3 is 2.01 bits per heavy atom. The number of rotatable bonds is 13. The number of fused-ring (bicyclic) bond motifs is 2. The molecule has 4 aromatic carbocycles. The summed E-state index contributed by atoms with van der Waals surface area (Å²) in [4.78, 5) is 17.1. The van der Waals surface area contributed by atoms with E-state index in [2.05, 4.69) is 83.3 Å². The minimum atomic E-state index is -4.71. The molecule has 1 N–H and O–H groups in total. The first-order chi connectivity index (χ1) is 31.5. The van der Waals surface area contributed by atoms with Gasteiger partial charge in [0, 0.05) is 11.1 Å². The van der Waals surface area contributed by atoms with Gasteiger partial charge in [-0.15, -0.1) is 16.3 Å². The molecule has 0 saturated heterocycles. The molecule has 8 aromatic rings. The molecule has 4 heterocycles. The van der Waals surface area contributed by atoms with Crippen molar-refractivity contribution in [2.75, 3.05) is 10.2 Å². The first-order valence-electron chi connectivity index (χ1n) is 21.9. The molecule has 0 atom stereocenters. The van der Waals surface area contributed by atoms with Gasteiger partial charge in [-0.3, -0.25) is 4.90 Å². The zero-order chi connectivity index (χ0) is 47.2. The van der Waals surface area contributed by atoms with Crippen LogP contribution in [0.4, 0.5) is 39.6 Å². The Bertz CT molecular complexity index is 3300. The van der Waals surface area contributed by atoms with Crippen molar-refractivity contribution >= 4 is 92.9 Å². The number of aryl methyl sites for hydroxylation is 7. The smallest absolute Gasteiger partial charge is 0.744 e. The average Bonchev–Trinajstić information content (AvgIpc) is 4.01. The van der Waals surface area contributed by atoms with Crippen LogP contribution in [0, 0.1) is 38.2 Å². The van der Waals surface area contributed by atoms with E-state index < -0.39 is 15.5 Å². The molecular weight excluding hydrogens is 899 g/mol. The van der Waals surface area contributed by atoms with E-state index in [1.807, 2.05) is 56.9 Å². The van der Waals surface area contributed by atoms with Crippen LogP contribution in [-0.2, 0) is 41.2 Å². The summed E-state index contributed by atoms with van der Waals surface area (Å²) in [6, 6.07) is 26.0. The molecule has 68 heavy (non-hydrogen) atoms. The van der Waals surface area contributed by atoms with Crippen LogP contribution in [0.15, 0.2) is 81.9 Å². The maximum Gasteiger partial charge on any atom is 1.00 e. The largest absolute Gasteiger partial charge is 1.00 e. The molecule has 338 valence electrons. The van der Waals surface area contributed by atoms with Gasteiger partial charge >= 0.3 is 37.7 Å². The number of hydrogen-bond donors (Lipinski definition) is 1. The third-order valence-corrected chi connectivity index (χ3v) is 14.2. The molecule has 0 aliphatic heterocycles. The Balaban J connectivity index is 0.00000381. The molecule has 8 rings (SSSR count). The molecule has 0 unspecified atom stereocenters. The Labute approximate surface area is 430 Å². The first kappa shape index (κ1) is 52.2. The zero-order valence-electron chi connectivity index (χ0n) is 40.7. The number of anilines is 5. The van der Waals surface area contributed by atoms with Crippen molar-refractivity contribution in [1.29, 1.82) is 5.26 Å². The summed E-state index contributed by atoms with van der Waals surface area (Å²) in [5, 5.41) is 30.4. The van der Waals surface area contributed by atoms with Gasteiger partial charge in [-0.25, -0.2) is 23.4 Å². The van der Waals surface area contributed by atoms with Crippen molar-refractivity contribution in [1.82, 2.24) is 24.7 Å². The minimum Gasteiger partial charge on any atom is -0.744 e. The van der Waals surface area contributed by atoms with E-state index in [0.717, 1.165) is 73.4 Å². The predicted molar refractivity (Wildman–Crippen MR) is 265 cm³/mol. The fourth-order valence-corrected chi connectivity index (χ4v) is 10.7. The molecule has 0 aliphatic carbocycles. The van der Waals surface area contributed by atoms with E-state index >= 15 is 0 Å². The van der Waals surface area contributed by atoms with Crippen LogP contribution in [0.5, 0.6) is 0 Å². The zero-order valence-corrected chi connectivity index (χ0v) is 43.1. The third kappa shape index (κ3) is 10.2. The van der Waals surface area contributed by atoms with Gasteiger partial charge in [-0.2, -0.15) is 44.6 Å². The van der Waals surface area contributed by atoms with Gasteiger partial charge in [0.1, 0.15) is 33.3 Å². The van der Waals surface area contributed by atoms with Crippen LogP contribution in [0.3, 0.4) is 0 Å². The number of nitrogens with zero attached hydrogens (tertiary/aromatic N) is 9. The molecule has 4 aromatic heterocycles. The van der Waals surface area contributed by atoms with E-state index in [4.69, 9.17) is 30.3 Å². The summed E-state index contributed by atoms with van der Waals surface area (Å²) in [6.07, 6.45) is 2.94. The molecule has 0 fully saturated rings. The summed E-state index contributed by atoms with van der Waals surface area (Å²) in [5.41, 5.74) is 11.3. The van der Waals surface area contributed by atoms with Crippen molar-refractivity contribution in [2.45, 2.75) is 105 Å². The van der Waals surface area contributed by atoms with E-state index in [1.54, 1.807) is 10.7 Å². The van der Waals surface area contributed by atoms with Crippen LogP contribution in [0.1, 0.15) is 98.7 Å². The Kier molecular flexibility index (Phi) is 16.0. The molecule has 0 radical (unpaired) electrons. The second kappa shape index (κ2) is 20.8. The van der Waals surface area contributed by atoms with Gasteiger partial charge < -0.3 is 9.87 Å².